The zero-order valence-corrected chi connectivity index (χ0v) is 8.68. The second-order valence-corrected chi connectivity index (χ2v) is 3.07. The highest BCUT2D eigenvalue weighted by Crippen LogP contribution is 2.26. The van der Waals surface area contributed by atoms with E-state index < -0.39 is 23.9 Å². The molecule has 7 heteroatoms. The maximum atomic E-state index is 13.0. The summed E-state index contributed by atoms with van der Waals surface area (Å²) in [4.78, 5) is 10.9. The van der Waals surface area contributed by atoms with Crippen molar-refractivity contribution in [1.29, 1.82) is 0 Å². The molecule has 0 saturated heterocycles. The molecule has 0 radical (unpaired) electrons. The molecule has 3 nitrogen and oxygen atoms in total. The van der Waals surface area contributed by atoms with Gasteiger partial charge in [-0.05, 0) is 17.7 Å². The monoisotopic (exact) mass is 252 g/mol. The molecule has 0 aliphatic carbocycles. The number of halogens is 4. The minimum atomic E-state index is -4.98. The summed E-state index contributed by atoms with van der Waals surface area (Å²) in [7, 11) is 1.14. The summed E-state index contributed by atoms with van der Waals surface area (Å²) in [6.07, 6.45) is -5.24. The first-order valence-electron chi connectivity index (χ1n) is 4.43. The molecule has 0 aromatic heterocycles. The van der Waals surface area contributed by atoms with Crippen LogP contribution in [0.3, 0.4) is 0 Å². The van der Waals surface area contributed by atoms with Gasteiger partial charge in [0.15, 0.2) is 11.6 Å². The molecule has 0 unspecified atom stereocenters. The average molecular weight is 252 g/mol. The summed E-state index contributed by atoms with van der Waals surface area (Å²) < 4.78 is 56.5. The Balaban J connectivity index is 2.90. The Morgan fingerprint density at radius 3 is 2.53 bits per heavy atom. The smallest absolute Gasteiger partial charge is 0.469 e. The van der Waals surface area contributed by atoms with Gasteiger partial charge < -0.3 is 9.47 Å². The van der Waals surface area contributed by atoms with E-state index in [9.17, 15) is 22.4 Å². The molecule has 1 aromatic carbocycles. The highest BCUT2D eigenvalue weighted by molar-refractivity contribution is 5.72. The number of alkyl halides is 3. The molecule has 0 aliphatic heterocycles. The van der Waals surface area contributed by atoms with Gasteiger partial charge in [0.25, 0.3) is 0 Å². The fourth-order valence-corrected chi connectivity index (χ4v) is 1.10. The molecule has 0 atom stereocenters. The number of hydrogen-bond donors (Lipinski definition) is 0. The third kappa shape index (κ3) is 4.29. The van der Waals surface area contributed by atoms with Crippen LogP contribution in [0.2, 0.25) is 0 Å². The molecule has 0 saturated carbocycles. The van der Waals surface area contributed by atoms with Gasteiger partial charge in [-0.1, -0.05) is 6.07 Å². The van der Waals surface area contributed by atoms with Crippen LogP contribution in [0.4, 0.5) is 17.6 Å². The average Bonchev–Trinajstić information content (AvgIpc) is 2.21. The number of carbonyl (C=O) groups excluding carboxylic acids is 1. The van der Waals surface area contributed by atoms with E-state index in [1.165, 1.54) is 6.07 Å². The third-order valence-electron chi connectivity index (χ3n) is 1.80. The maximum Gasteiger partial charge on any atom is 0.573 e. The summed E-state index contributed by atoms with van der Waals surface area (Å²) in [6.45, 7) is 0. The number of ether oxygens (including phenoxy) is 2. The van der Waals surface area contributed by atoms with Crippen LogP contribution in [0.1, 0.15) is 5.56 Å². The van der Waals surface area contributed by atoms with E-state index >= 15 is 0 Å². The summed E-state index contributed by atoms with van der Waals surface area (Å²) in [5.74, 6) is -2.77. The molecular weight excluding hydrogens is 244 g/mol. The van der Waals surface area contributed by atoms with Crippen molar-refractivity contribution in [3.8, 4) is 5.75 Å². The minimum Gasteiger partial charge on any atom is -0.469 e. The number of carbonyl (C=O) groups is 1. The lowest BCUT2D eigenvalue weighted by atomic mass is 10.1. The normalized spacial score (nSPS) is 11.1. The number of esters is 1. The quantitative estimate of drug-likeness (QED) is 0.612. The second kappa shape index (κ2) is 5.03. The summed E-state index contributed by atoms with van der Waals surface area (Å²) in [6, 6.07) is 2.77. The summed E-state index contributed by atoms with van der Waals surface area (Å²) >= 11 is 0. The Bertz CT molecular complexity index is 415. The lowest BCUT2D eigenvalue weighted by Gasteiger charge is -2.10. The van der Waals surface area contributed by atoms with Crippen LogP contribution in [0.5, 0.6) is 5.75 Å². The van der Waals surface area contributed by atoms with Crippen molar-refractivity contribution < 1.29 is 31.8 Å². The van der Waals surface area contributed by atoms with Crippen LogP contribution in [-0.2, 0) is 16.0 Å². The van der Waals surface area contributed by atoms with E-state index in [1.54, 1.807) is 0 Å². The minimum absolute atomic E-state index is 0.164. The van der Waals surface area contributed by atoms with Crippen molar-refractivity contribution in [2.24, 2.45) is 0 Å². The van der Waals surface area contributed by atoms with Gasteiger partial charge in [-0.15, -0.1) is 13.2 Å². The van der Waals surface area contributed by atoms with Crippen molar-refractivity contribution in [3.63, 3.8) is 0 Å². The largest absolute Gasteiger partial charge is 0.573 e. The summed E-state index contributed by atoms with van der Waals surface area (Å²) in [5, 5.41) is 0. The number of hydrogen-bond acceptors (Lipinski definition) is 3. The molecular formula is C10H8F4O3. The second-order valence-electron chi connectivity index (χ2n) is 3.07. The Morgan fingerprint density at radius 1 is 1.35 bits per heavy atom. The maximum absolute atomic E-state index is 13.0. The van der Waals surface area contributed by atoms with Crippen molar-refractivity contribution in [3.05, 3.63) is 29.6 Å². The molecule has 1 aromatic rings. The van der Waals surface area contributed by atoms with E-state index in [0.29, 0.717) is 0 Å². The standard InChI is InChI=1S/C10H8F4O3/c1-16-9(15)5-6-2-3-7(11)8(4-6)17-10(12,13)14/h2-4H,5H2,1H3. The zero-order valence-electron chi connectivity index (χ0n) is 8.68. The zero-order chi connectivity index (χ0) is 13.1. The highest BCUT2D eigenvalue weighted by atomic mass is 19.4. The van der Waals surface area contributed by atoms with E-state index in [2.05, 4.69) is 9.47 Å². The van der Waals surface area contributed by atoms with Crippen molar-refractivity contribution in [2.45, 2.75) is 12.8 Å². The van der Waals surface area contributed by atoms with Crippen molar-refractivity contribution >= 4 is 5.97 Å². The number of methoxy groups -OCH3 is 1. The first kappa shape index (κ1) is 13.3. The van der Waals surface area contributed by atoms with Gasteiger partial charge in [0.1, 0.15) is 0 Å². The Kier molecular flexibility index (Phi) is 3.93. The van der Waals surface area contributed by atoms with Gasteiger partial charge in [-0.25, -0.2) is 4.39 Å². The Labute approximate surface area is 93.9 Å². The fraction of sp³-hybridized carbons (Fsp3) is 0.300. The first-order valence-corrected chi connectivity index (χ1v) is 4.43. The molecule has 1 rings (SSSR count). The topological polar surface area (TPSA) is 35.5 Å². The van der Waals surface area contributed by atoms with Gasteiger partial charge >= 0.3 is 12.3 Å². The van der Waals surface area contributed by atoms with Crippen LogP contribution in [0.25, 0.3) is 0 Å². The molecule has 94 valence electrons. The molecule has 0 amide bonds. The fourth-order valence-electron chi connectivity index (χ4n) is 1.10. The molecule has 0 heterocycles. The van der Waals surface area contributed by atoms with Gasteiger partial charge in [0.2, 0.25) is 0 Å². The van der Waals surface area contributed by atoms with E-state index in [0.717, 1.165) is 19.2 Å². The molecule has 0 fully saturated rings. The van der Waals surface area contributed by atoms with Gasteiger partial charge in [0, 0.05) is 0 Å². The highest BCUT2D eigenvalue weighted by Gasteiger charge is 2.32. The van der Waals surface area contributed by atoms with Crippen molar-refractivity contribution in [1.82, 2.24) is 0 Å². The van der Waals surface area contributed by atoms with Crippen LogP contribution in [0, 0.1) is 5.82 Å². The molecule has 0 N–H and O–H groups in total. The number of benzene rings is 1. The molecule has 0 aliphatic rings. The van der Waals surface area contributed by atoms with E-state index in [-0.39, 0.29) is 12.0 Å². The van der Waals surface area contributed by atoms with Gasteiger partial charge in [-0.3, -0.25) is 4.79 Å². The molecule has 17 heavy (non-hydrogen) atoms. The Morgan fingerprint density at radius 2 is 2.00 bits per heavy atom. The van der Waals surface area contributed by atoms with E-state index in [1.807, 2.05) is 0 Å². The predicted octanol–water partition coefficient (Wildman–Crippen LogP) is 2.44. The Hall–Kier alpha value is -1.79. The third-order valence-corrected chi connectivity index (χ3v) is 1.80. The van der Waals surface area contributed by atoms with Crippen LogP contribution in [-0.4, -0.2) is 19.4 Å². The molecule has 0 bridgehead atoms. The molecule has 0 spiro atoms. The van der Waals surface area contributed by atoms with Gasteiger partial charge in [0.05, 0.1) is 13.5 Å². The predicted molar refractivity (Wildman–Crippen MR) is 48.8 cm³/mol. The number of rotatable bonds is 3. The van der Waals surface area contributed by atoms with Crippen molar-refractivity contribution in [2.75, 3.05) is 7.11 Å². The lowest BCUT2D eigenvalue weighted by molar-refractivity contribution is -0.275. The lowest BCUT2D eigenvalue weighted by Crippen LogP contribution is -2.18. The van der Waals surface area contributed by atoms with E-state index in [4.69, 9.17) is 0 Å². The summed E-state index contributed by atoms with van der Waals surface area (Å²) in [5.41, 5.74) is 0.164. The van der Waals surface area contributed by atoms with Crippen LogP contribution >= 0.6 is 0 Å². The SMILES string of the molecule is COC(=O)Cc1ccc(F)c(OC(F)(F)F)c1. The van der Waals surface area contributed by atoms with Gasteiger partial charge in [-0.2, -0.15) is 0 Å². The van der Waals surface area contributed by atoms with Crippen LogP contribution in [0.15, 0.2) is 18.2 Å². The van der Waals surface area contributed by atoms with Crippen LogP contribution < -0.4 is 4.74 Å². The first-order chi connectivity index (χ1) is 7.81.